The Morgan fingerprint density at radius 1 is 1.32 bits per heavy atom. The Bertz CT molecular complexity index is 507. The SMILES string of the molecule is Cn1cc(N2C[C@@H]3CN(CC4CC4)C[C@@H]3C2=O)cn1. The quantitative estimate of drug-likeness (QED) is 0.804. The van der Waals surface area contributed by atoms with Crippen LogP contribution < -0.4 is 4.90 Å². The molecular formula is C14H20N4O. The van der Waals surface area contributed by atoms with Crippen LogP contribution in [0.25, 0.3) is 0 Å². The monoisotopic (exact) mass is 260 g/mol. The van der Waals surface area contributed by atoms with Crippen molar-refractivity contribution in [1.82, 2.24) is 14.7 Å². The van der Waals surface area contributed by atoms with Gasteiger partial charge in [-0.2, -0.15) is 5.10 Å². The second-order valence-electron chi connectivity index (χ2n) is 6.35. The third-order valence-corrected chi connectivity index (χ3v) is 4.73. The maximum atomic E-state index is 12.5. The zero-order valence-corrected chi connectivity index (χ0v) is 11.3. The number of anilines is 1. The van der Waals surface area contributed by atoms with Gasteiger partial charge in [0.05, 0.1) is 17.8 Å². The predicted octanol–water partition coefficient (Wildman–Crippen LogP) is 0.725. The third-order valence-electron chi connectivity index (χ3n) is 4.73. The van der Waals surface area contributed by atoms with Gasteiger partial charge < -0.3 is 9.80 Å². The van der Waals surface area contributed by atoms with Gasteiger partial charge in [0.1, 0.15) is 0 Å². The summed E-state index contributed by atoms with van der Waals surface area (Å²) in [5, 5.41) is 4.16. The van der Waals surface area contributed by atoms with Gasteiger partial charge in [-0.15, -0.1) is 0 Å². The molecule has 2 atom stereocenters. The van der Waals surface area contributed by atoms with Gasteiger partial charge in [0, 0.05) is 45.3 Å². The number of amides is 1. The van der Waals surface area contributed by atoms with Crippen LogP contribution in [0, 0.1) is 17.8 Å². The molecule has 3 fully saturated rings. The number of likely N-dealkylation sites (tertiary alicyclic amines) is 1. The lowest BCUT2D eigenvalue weighted by molar-refractivity contribution is -0.120. The number of hydrogen-bond donors (Lipinski definition) is 0. The van der Waals surface area contributed by atoms with Crippen molar-refractivity contribution in [1.29, 1.82) is 0 Å². The summed E-state index contributed by atoms with van der Waals surface area (Å²) in [6, 6.07) is 0. The summed E-state index contributed by atoms with van der Waals surface area (Å²) >= 11 is 0. The summed E-state index contributed by atoms with van der Waals surface area (Å²) in [4.78, 5) is 16.9. The molecule has 0 aromatic carbocycles. The lowest BCUT2D eigenvalue weighted by atomic mass is 10.0. The van der Waals surface area contributed by atoms with Crippen molar-refractivity contribution >= 4 is 11.6 Å². The molecule has 1 aromatic rings. The molecular weight excluding hydrogens is 240 g/mol. The van der Waals surface area contributed by atoms with Gasteiger partial charge >= 0.3 is 0 Å². The molecule has 0 bridgehead atoms. The van der Waals surface area contributed by atoms with Crippen molar-refractivity contribution in [3.05, 3.63) is 12.4 Å². The number of hydrogen-bond acceptors (Lipinski definition) is 3. The van der Waals surface area contributed by atoms with Gasteiger partial charge in [-0.25, -0.2) is 0 Å². The maximum absolute atomic E-state index is 12.5. The zero-order valence-electron chi connectivity index (χ0n) is 11.3. The molecule has 0 unspecified atom stereocenters. The average Bonchev–Trinajstić information content (AvgIpc) is 2.80. The first-order chi connectivity index (χ1) is 9.20. The molecule has 2 aliphatic heterocycles. The highest BCUT2D eigenvalue weighted by Crippen LogP contribution is 2.37. The molecule has 1 aliphatic carbocycles. The van der Waals surface area contributed by atoms with Crippen LogP contribution in [0.5, 0.6) is 0 Å². The van der Waals surface area contributed by atoms with Crippen LogP contribution in [-0.2, 0) is 11.8 Å². The molecule has 2 saturated heterocycles. The average molecular weight is 260 g/mol. The van der Waals surface area contributed by atoms with E-state index in [2.05, 4.69) is 10.00 Å². The maximum Gasteiger partial charge on any atom is 0.231 e. The normalized spacial score (nSPS) is 31.2. The molecule has 5 heteroatoms. The number of nitrogens with zero attached hydrogens (tertiary/aromatic N) is 4. The second kappa shape index (κ2) is 4.07. The van der Waals surface area contributed by atoms with Crippen LogP contribution in [0.4, 0.5) is 5.69 Å². The number of aromatic nitrogens is 2. The van der Waals surface area contributed by atoms with Crippen molar-refractivity contribution in [3.8, 4) is 0 Å². The first kappa shape index (κ1) is 11.5. The summed E-state index contributed by atoms with van der Waals surface area (Å²) in [6.07, 6.45) is 6.50. The summed E-state index contributed by atoms with van der Waals surface area (Å²) in [5.41, 5.74) is 0.954. The fraction of sp³-hybridized carbons (Fsp3) is 0.714. The smallest absolute Gasteiger partial charge is 0.231 e. The minimum atomic E-state index is 0.221. The van der Waals surface area contributed by atoms with Crippen molar-refractivity contribution < 1.29 is 4.79 Å². The molecule has 1 amide bonds. The Balaban J connectivity index is 1.46. The molecule has 102 valence electrons. The molecule has 4 rings (SSSR count). The van der Waals surface area contributed by atoms with E-state index in [1.54, 1.807) is 10.9 Å². The van der Waals surface area contributed by atoms with Gasteiger partial charge in [-0.05, 0) is 18.8 Å². The van der Waals surface area contributed by atoms with Crippen molar-refractivity contribution in [2.75, 3.05) is 31.1 Å². The van der Waals surface area contributed by atoms with Gasteiger partial charge in [-0.1, -0.05) is 0 Å². The topological polar surface area (TPSA) is 41.4 Å². The Kier molecular flexibility index (Phi) is 2.45. The van der Waals surface area contributed by atoms with E-state index in [4.69, 9.17) is 0 Å². The first-order valence-electron chi connectivity index (χ1n) is 7.23. The lowest BCUT2D eigenvalue weighted by Crippen LogP contribution is -2.33. The molecule has 5 nitrogen and oxygen atoms in total. The van der Waals surface area contributed by atoms with E-state index in [1.807, 2.05) is 18.1 Å². The molecule has 3 heterocycles. The molecule has 0 N–H and O–H groups in total. The summed E-state index contributed by atoms with van der Waals surface area (Å²) in [5.74, 6) is 1.96. The highest BCUT2D eigenvalue weighted by atomic mass is 16.2. The third kappa shape index (κ3) is 1.96. The van der Waals surface area contributed by atoms with Crippen LogP contribution in [-0.4, -0.2) is 46.8 Å². The predicted molar refractivity (Wildman–Crippen MR) is 71.7 cm³/mol. The van der Waals surface area contributed by atoms with E-state index in [9.17, 15) is 4.79 Å². The minimum absolute atomic E-state index is 0.221. The lowest BCUT2D eigenvalue weighted by Gasteiger charge is -2.20. The van der Waals surface area contributed by atoms with E-state index < -0.39 is 0 Å². The van der Waals surface area contributed by atoms with Crippen LogP contribution in [0.2, 0.25) is 0 Å². The van der Waals surface area contributed by atoms with Crippen LogP contribution in [0.3, 0.4) is 0 Å². The summed E-state index contributed by atoms with van der Waals surface area (Å²) in [6.45, 7) is 4.16. The number of fused-ring (bicyclic) bond motifs is 1. The van der Waals surface area contributed by atoms with E-state index in [-0.39, 0.29) is 5.92 Å². The van der Waals surface area contributed by atoms with Gasteiger partial charge in [0.2, 0.25) is 5.91 Å². The van der Waals surface area contributed by atoms with E-state index in [1.165, 1.54) is 19.4 Å². The molecule has 1 saturated carbocycles. The Labute approximate surface area is 113 Å². The molecule has 1 aromatic heterocycles. The van der Waals surface area contributed by atoms with Gasteiger partial charge in [-0.3, -0.25) is 9.48 Å². The zero-order chi connectivity index (χ0) is 13.0. The van der Waals surface area contributed by atoms with Gasteiger partial charge in [0.25, 0.3) is 0 Å². The largest absolute Gasteiger partial charge is 0.309 e. The highest BCUT2D eigenvalue weighted by Gasteiger charge is 2.47. The molecule has 3 aliphatic rings. The Morgan fingerprint density at radius 3 is 2.79 bits per heavy atom. The number of carbonyl (C=O) groups is 1. The van der Waals surface area contributed by atoms with Crippen molar-refractivity contribution in [2.24, 2.45) is 24.8 Å². The highest BCUT2D eigenvalue weighted by molar-refractivity contribution is 5.97. The standard InChI is InChI=1S/C14H20N4O/c1-16-8-12(4-15-16)18-7-11-6-17(5-10-2-3-10)9-13(11)14(18)19/h4,8,10-11,13H,2-3,5-7,9H2,1H3/t11-,13-/m0/s1. The van der Waals surface area contributed by atoms with E-state index in [0.29, 0.717) is 11.8 Å². The van der Waals surface area contributed by atoms with E-state index in [0.717, 1.165) is 31.2 Å². The minimum Gasteiger partial charge on any atom is -0.309 e. The summed E-state index contributed by atoms with van der Waals surface area (Å²) < 4.78 is 1.76. The Morgan fingerprint density at radius 2 is 2.16 bits per heavy atom. The first-order valence-corrected chi connectivity index (χ1v) is 7.23. The number of carbonyl (C=O) groups excluding carboxylic acids is 1. The molecule has 0 spiro atoms. The molecule has 19 heavy (non-hydrogen) atoms. The number of aryl methyl sites for hydroxylation is 1. The van der Waals surface area contributed by atoms with Crippen LogP contribution >= 0.6 is 0 Å². The van der Waals surface area contributed by atoms with Crippen molar-refractivity contribution in [2.45, 2.75) is 12.8 Å². The Hall–Kier alpha value is -1.36. The van der Waals surface area contributed by atoms with Gasteiger partial charge in [0.15, 0.2) is 0 Å². The van der Waals surface area contributed by atoms with Crippen molar-refractivity contribution in [3.63, 3.8) is 0 Å². The fourth-order valence-electron chi connectivity index (χ4n) is 3.55. The van der Waals surface area contributed by atoms with Crippen LogP contribution in [0.1, 0.15) is 12.8 Å². The molecule has 0 radical (unpaired) electrons. The number of rotatable bonds is 3. The second-order valence-corrected chi connectivity index (χ2v) is 6.35. The van der Waals surface area contributed by atoms with E-state index >= 15 is 0 Å². The summed E-state index contributed by atoms with van der Waals surface area (Å²) in [7, 11) is 1.89. The fourth-order valence-corrected chi connectivity index (χ4v) is 3.55. The van der Waals surface area contributed by atoms with Crippen LogP contribution in [0.15, 0.2) is 12.4 Å².